The topological polar surface area (TPSA) is 65.5 Å². The maximum absolute atomic E-state index is 12.9. The molecule has 1 unspecified atom stereocenters. The number of benzene rings is 3. The van der Waals surface area contributed by atoms with Gasteiger partial charge >= 0.3 is 11.9 Å². The van der Waals surface area contributed by atoms with E-state index in [9.17, 15) is 9.59 Å². The summed E-state index contributed by atoms with van der Waals surface area (Å²) in [5.41, 5.74) is 4.86. The summed E-state index contributed by atoms with van der Waals surface area (Å²) in [6, 6.07) is 27.3. The van der Waals surface area contributed by atoms with Crippen molar-refractivity contribution in [2.45, 2.75) is 12.5 Å². The number of carbonyl (C=O) groups excluding carboxylic acids is 2. The van der Waals surface area contributed by atoms with E-state index >= 15 is 0 Å². The average molecular weight is 409 g/mol. The second kappa shape index (κ2) is 8.03. The summed E-state index contributed by atoms with van der Waals surface area (Å²) in [5.74, 6) is -1.05. The number of hydrogen-bond acceptors (Lipinski definition) is 5. The maximum atomic E-state index is 12.9. The number of carbonyl (C=O) groups is 2. The highest BCUT2D eigenvalue weighted by molar-refractivity contribution is 6.05. The van der Waals surface area contributed by atoms with Gasteiger partial charge in [0.05, 0.1) is 23.4 Å². The number of esters is 2. The number of pyridine rings is 1. The molecular weight excluding hydrogens is 390 g/mol. The van der Waals surface area contributed by atoms with Crippen molar-refractivity contribution in [3.8, 4) is 22.4 Å². The number of aromatic nitrogens is 1. The Hall–Kier alpha value is -3.99. The van der Waals surface area contributed by atoms with Crippen LogP contribution in [0.4, 0.5) is 0 Å². The minimum Gasteiger partial charge on any atom is -0.463 e. The van der Waals surface area contributed by atoms with Gasteiger partial charge in [0.15, 0.2) is 0 Å². The van der Waals surface area contributed by atoms with Crippen LogP contribution in [0.2, 0.25) is 0 Å². The molecule has 0 bridgehead atoms. The summed E-state index contributed by atoms with van der Waals surface area (Å²) in [6.45, 7) is 0.271. The van der Waals surface area contributed by atoms with Crippen molar-refractivity contribution in [1.29, 1.82) is 0 Å². The van der Waals surface area contributed by atoms with E-state index in [4.69, 9.17) is 14.5 Å². The molecule has 0 spiro atoms. The lowest BCUT2D eigenvalue weighted by molar-refractivity contribution is -0.145. The lowest BCUT2D eigenvalue weighted by Gasteiger charge is -2.12. The Bertz CT molecular complexity index is 1270. The van der Waals surface area contributed by atoms with E-state index in [-0.39, 0.29) is 6.61 Å². The zero-order chi connectivity index (χ0) is 21.2. The highest BCUT2D eigenvalue weighted by atomic mass is 16.6. The first kappa shape index (κ1) is 19.0. The molecule has 4 aromatic rings. The van der Waals surface area contributed by atoms with Crippen molar-refractivity contribution in [2.24, 2.45) is 0 Å². The number of cyclic esters (lactones) is 1. The zero-order valence-electron chi connectivity index (χ0n) is 16.7. The molecule has 0 N–H and O–H groups in total. The van der Waals surface area contributed by atoms with E-state index < -0.39 is 18.0 Å². The van der Waals surface area contributed by atoms with Crippen LogP contribution in [0.1, 0.15) is 16.8 Å². The minimum absolute atomic E-state index is 0.271. The van der Waals surface area contributed by atoms with Gasteiger partial charge < -0.3 is 9.47 Å². The molecule has 152 valence electrons. The van der Waals surface area contributed by atoms with Crippen molar-refractivity contribution in [3.05, 3.63) is 90.5 Å². The van der Waals surface area contributed by atoms with Gasteiger partial charge in [-0.3, -0.25) is 0 Å². The molecule has 1 aliphatic rings. The second-order valence-corrected chi connectivity index (χ2v) is 7.37. The SMILES string of the molecule is O=C(OC1CCOC1=O)c1cc(-c2ccc(-c3ccccc3)cc2)nc2ccccc12. The average Bonchev–Trinajstić information content (AvgIpc) is 3.23. The highest BCUT2D eigenvalue weighted by Crippen LogP contribution is 2.28. The van der Waals surface area contributed by atoms with Gasteiger partial charge in [-0.2, -0.15) is 0 Å². The number of ether oxygens (including phenoxy) is 2. The maximum Gasteiger partial charge on any atom is 0.347 e. The van der Waals surface area contributed by atoms with Gasteiger partial charge in [-0.15, -0.1) is 0 Å². The van der Waals surface area contributed by atoms with Gasteiger partial charge in [-0.25, -0.2) is 14.6 Å². The molecule has 0 aliphatic carbocycles. The van der Waals surface area contributed by atoms with Crippen molar-refractivity contribution in [3.63, 3.8) is 0 Å². The molecule has 31 heavy (non-hydrogen) atoms. The van der Waals surface area contributed by atoms with Crippen molar-refractivity contribution < 1.29 is 19.1 Å². The van der Waals surface area contributed by atoms with Gasteiger partial charge in [0.25, 0.3) is 0 Å². The largest absolute Gasteiger partial charge is 0.463 e. The Labute approximate surface area is 179 Å². The summed E-state index contributed by atoms with van der Waals surface area (Å²) in [6.07, 6.45) is -0.477. The van der Waals surface area contributed by atoms with Crippen LogP contribution in [0, 0.1) is 0 Å². The molecule has 1 saturated heterocycles. The Balaban J connectivity index is 1.52. The first-order valence-electron chi connectivity index (χ1n) is 10.1. The molecule has 1 atom stereocenters. The molecular formula is C26H19NO4. The van der Waals surface area contributed by atoms with Crippen LogP contribution in [-0.4, -0.2) is 29.6 Å². The molecule has 3 aromatic carbocycles. The standard InChI is InChI=1S/C26H19NO4/c28-25(31-24-14-15-30-26(24)29)21-16-23(27-22-9-5-4-8-20(21)22)19-12-10-18(11-13-19)17-6-2-1-3-7-17/h1-13,16,24H,14-15H2. The third kappa shape index (κ3) is 3.78. The summed E-state index contributed by atoms with van der Waals surface area (Å²) in [5, 5.41) is 0.684. The number of hydrogen-bond donors (Lipinski definition) is 0. The van der Waals surface area contributed by atoms with Crippen molar-refractivity contribution >= 4 is 22.8 Å². The third-order valence-corrected chi connectivity index (χ3v) is 5.36. The van der Waals surface area contributed by atoms with Crippen LogP contribution in [-0.2, 0) is 14.3 Å². The molecule has 0 radical (unpaired) electrons. The van der Waals surface area contributed by atoms with Crippen LogP contribution < -0.4 is 0 Å². The molecule has 1 aliphatic heterocycles. The first-order chi connectivity index (χ1) is 15.2. The van der Waals surface area contributed by atoms with Crippen LogP contribution in [0.5, 0.6) is 0 Å². The second-order valence-electron chi connectivity index (χ2n) is 7.37. The van der Waals surface area contributed by atoms with Crippen LogP contribution in [0.3, 0.4) is 0 Å². The Kier molecular flexibility index (Phi) is 4.92. The number of fused-ring (bicyclic) bond motifs is 1. The molecule has 0 amide bonds. The predicted molar refractivity (Wildman–Crippen MR) is 117 cm³/mol. The zero-order valence-corrected chi connectivity index (χ0v) is 16.7. The minimum atomic E-state index is -0.854. The normalized spacial score (nSPS) is 15.6. The van der Waals surface area contributed by atoms with E-state index in [2.05, 4.69) is 12.1 Å². The summed E-state index contributed by atoms with van der Waals surface area (Å²) < 4.78 is 10.3. The van der Waals surface area contributed by atoms with Gasteiger partial charge in [-0.1, -0.05) is 72.8 Å². The molecule has 5 heteroatoms. The third-order valence-electron chi connectivity index (χ3n) is 5.36. The van der Waals surface area contributed by atoms with E-state index in [1.54, 1.807) is 6.07 Å². The lowest BCUT2D eigenvalue weighted by Crippen LogP contribution is -2.23. The molecule has 5 nitrogen and oxygen atoms in total. The summed E-state index contributed by atoms with van der Waals surface area (Å²) in [7, 11) is 0. The molecule has 2 heterocycles. The number of para-hydroxylation sites is 1. The summed E-state index contributed by atoms with van der Waals surface area (Å²) in [4.78, 5) is 29.4. The quantitative estimate of drug-likeness (QED) is 0.442. The van der Waals surface area contributed by atoms with Gasteiger partial charge in [0.2, 0.25) is 6.10 Å². The predicted octanol–water partition coefficient (Wildman–Crippen LogP) is 5.04. The lowest BCUT2D eigenvalue weighted by atomic mass is 10.0. The molecule has 5 rings (SSSR count). The van der Waals surface area contributed by atoms with Gasteiger partial charge in [0, 0.05) is 17.4 Å². The van der Waals surface area contributed by atoms with Gasteiger partial charge in [0.1, 0.15) is 0 Å². The molecule has 1 aromatic heterocycles. The van der Waals surface area contributed by atoms with Crippen molar-refractivity contribution in [2.75, 3.05) is 6.61 Å². The molecule has 0 saturated carbocycles. The van der Waals surface area contributed by atoms with Crippen LogP contribution in [0.25, 0.3) is 33.3 Å². The smallest absolute Gasteiger partial charge is 0.347 e. The Morgan fingerprint density at radius 3 is 2.29 bits per heavy atom. The van der Waals surface area contributed by atoms with Crippen LogP contribution in [0.15, 0.2) is 84.9 Å². The fraction of sp³-hybridized carbons (Fsp3) is 0.115. The summed E-state index contributed by atoms with van der Waals surface area (Å²) >= 11 is 0. The fourth-order valence-electron chi connectivity index (χ4n) is 3.73. The Morgan fingerprint density at radius 1 is 0.871 bits per heavy atom. The van der Waals surface area contributed by atoms with E-state index in [1.807, 2.05) is 66.7 Å². The van der Waals surface area contributed by atoms with Crippen LogP contribution >= 0.6 is 0 Å². The van der Waals surface area contributed by atoms with E-state index in [1.165, 1.54) is 0 Å². The highest BCUT2D eigenvalue weighted by Gasteiger charge is 2.31. The van der Waals surface area contributed by atoms with E-state index in [0.717, 1.165) is 16.7 Å². The van der Waals surface area contributed by atoms with E-state index in [0.29, 0.717) is 28.6 Å². The van der Waals surface area contributed by atoms with Gasteiger partial charge in [-0.05, 0) is 23.3 Å². The molecule has 1 fully saturated rings. The number of rotatable bonds is 4. The monoisotopic (exact) mass is 409 g/mol. The number of nitrogens with zero attached hydrogens (tertiary/aromatic N) is 1. The Morgan fingerprint density at radius 2 is 1.55 bits per heavy atom. The first-order valence-corrected chi connectivity index (χ1v) is 10.1. The van der Waals surface area contributed by atoms with Crippen molar-refractivity contribution in [1.82, 2.24) is 4.98 Å². The fourth-order valence-corrected chi connectivity index (χ4v) is 3.73.